The average molecular weight is 947 g/mol. The van der Waals surface area contributed by atoms with Gasteiger partial charge in [0.2, 0.25) is 0 Å². The Bertz CT molecular complexity index is 2340. The van der Waals surface area contributed by atoms with Crippen LogP contribution in [0.15, 0.2) is 84.9 Å². The van der Waals surface area contributed by atoms with Gasteiger partial charge in [0.25, 0.3) is 0 Å². The lowest BCUT2D eigenvalue weighted by molar-refractivity contribution is -0.152. The summed E-state index contributed by atoms with van der Waals surface area (Å²) < 4.78 is 22.9. The molecule has 0 saturated heterocycles. The van der Waals surface area contributed by atoms with Crippen molar-refractivity contribution in [2.24, 2.45) is 29.6 Å². The largest absolute Gasteiger partial charge is 0.465 e. The summed E-state index contributed by atoms with van der Waals surface area (Å²) in [6.07, 6.45) is 27.3. The second kappa shape index (κ2) is 28.0. The number of benzene rings is 3. The minimum atomic E-state index is -0.920. The fourth-order valence-corrected chi connectivity index (χ4v) is 10.2. The molecule has 0 aromatic heterocycles. The highest BCUT2D eigenvalue weighted by atomic mass is 16.6. The van der Waals surface area contributed by atoms with Crippen LogP contribution < -0.4 is 4.74 Å². The van der Waals surface area contributed by atoms with Crippen molar-refractivity contribution in [2.75, 3.05) is 13.2 Å². The van der Waals surface area contributed by atoms with Crippen molar-refractivity contribution in [3.05, 3.63) is 113 Å². The Kier molecular flexibility index (Phi) is 21.3. The lowest BCUT2D eigenvalue weighted by Gasteiger charge is -2.41. The molecular weight excluding hydrogens is 873 g/mol. The van der Waals surface area contributed by atoms with Gasteiger partial charge >= 0.3 is 23.9 Å². The molecule has 0 spiro atoms. The number of ether oxygens (including phenoxy) is 4. The zero-order valence-electron chi connectivity index (χ0n) is 41.8. The molecule has 0 amide bonds. The first-order chi connectivity index (χ1) is 34.0. The normalized spacial score (nSPS) is 21.8. The van der Waals surface area contributed by atoms with E-state index in [1.54, 1.807) is 31.2 Å². The summed E-state index contributed by atoms with van der Waals surface area (Å²) in [5.41, 5.74) is 3.28. The smallest absolute Gasteiger partial charge is 0.339 e. The van der Waals surface area contributed by atoms with E-state index in [0.29, 0.717) is 74.5 Å². The van der Waals surface area contributed by atoms with Crippen LogP contribution in [-0.2, 0) is 28.6 Å². The van der Waals surface area contributed by atoms with Crippen molar-refractivity contribution in [3.8, 4) is 41.8 Å². The highest BCUT2D eigenvalue weighted by Gasteiger charge is 2.41. The van der Waals surface area contributed by atoms with E-state index in [-0.39, 0.29) is 29.7 Å². The van der Waals surface area contributed by atoms with Crippen molar-refractivity contribution < 1.29 is 38.1 Å². The summed E-state index contributed by atoms with van der Waals surface area (Å²) in [5.74, 6) is 16.6. The number of terminal acetylenes is 1. The molecule has 0 bridgehead atoms. The molecular formula is C62H74O8. The van der Waals surface area contributed by atoms with Gasteiger partial charge in [-0.25, -0.2) is 9.59 Å². The molecule has 8 heteroatoms. The van der Waals surface area contributed by atoms with E-state index >= 15 is 0 Å². The van der Waals surface area contributed by atoms with E-state index in [2.05, 4.69) is 43.1 Å². The van der Waals surface area contributed by atoms with Crippen LogP contribution in [-0.4, -0.2) is 42.7 Å². The van der Waals surface area contributed by atoms with E-state index in [0.717, 1.165) is 85.5 Å². The number of carbonyl (C=O) groups is 4. The molecule has 3 aromatic rings. The maximum absolute atomic E-state index is 13.9. The summed E-state index contributed by atoms with van der Waals surface area (Å²) in [4.78, 5) is 51.4. The van der Waals surface area contributed by atoms with Gasteiger partial charge in [0.15, 0.2) is 5.60 Å². The lowest BCUT2D eigenvalue weighted by atomic mass is 9.67. The second-order valence-corrected chi connectivity index (χ2v) is 20.0. The molecule has 0 unspecified atom stereocenters. The lowest BCUT2D eigenvalue weighted by Crippen LogP contribution is -2.39. The molecule has 3 aliphatic carbocycles. The Morgan fingerprint density at radius 1 is 0.600 bits per heavy atom. The first-order valence-electron chi connectivity index (χ1n) is 26.3. The monoisotopic (exact) mass is 947 g/mol. The van der Waals surface area contributed by atoms with Gasteiger partial charge in [-0.2, -0.15) is 0 Å². The van der Waals surface area contributed by atoms with Crippen LogP contribution in [0.1, 0.15) is 188 Å². The highest BCUT2D eigenvalue weighted by Crippen LogP contribution is 2.45. The van der Waals surface area contributed by atoms with Crippen molar-refractivity contribution >= 4 is 23.9 Å². The Labute approximate surface area is 418 Å². The summed E-state index contributed by atoms with van der Waals surface area (Å²) in [6.45, 7) is 8.31. The summed E-state index contributed by atoms with van der Waals surface area (Å²) in [5, 5.41) is 0. The van der Waals surface area contributed by atoms with Gasteiger partial charge in [-0.1, -0.05) is 101 Å². The first kappa shape index (κ1) is 53.3. The number of carbonyl (C=O) groups excluding carboxylic acids is 4. The fourth-order valence-electron chi connectivity index (χ4n) is 10.2. The van der Waals surface area contributed by atoms with Gasteiger partial charge in [-0.05, 0) is 180 Å². The van der Waals surface area contributed by atoms with Gasteiger partial charge in [0.1, 0.15) is 5.75 Å². The Morgan fingerprint density at radius 2 is 1.11 bits per heavy atom. The molecule has 8 nitrogen and oxygen atoms in total. The standard InChI is InChI=1S/C62H74O8/c1-5-7-12-15-48-26-28-52(29-27-48)53-39-42-62(43-40-53,41-38-51-24-22-50(23-25-51)21-20-49-18-16-47(6-2)17-19-49)70-61(66)56-34-36-57(37-35-56)69-60(65)55-32-30-54(31-33-55)59(64)68-45-14-11-9-8-10-13-44-67-58(63)46(3)4/h2,16-19,22-25,34-37,48,52-55H,3,5,7-15,26-33,39-40,42-45H2,1,4H3. The van der Waals surface area contributed by atoms with Gasteiger partial charge < -0.3 is 18.9 Å². The molecule has 370 valence electrons. The predicted molar refractivity (Wildman–Crippen MR) is 275 cm³/mol. The number of unbranched alkanes of at least 4 members (excludes halogenated alkanes) is 7. The first-order valence-corrected chi connectivity index (χ1v) is 26.3. The molecule has 0 radical (unpaired) electrons. The summed E-state index contributed by atoms with van der Waals surface area (Å²) >= 11 is 0. The second-order valence-electron chi connectivity index (χ2n) is 20.0. The molecule has 0 aliphatic heterocycles. The van der Waals surface area contributed by atoms with Crippen LogP contribution in [0.2, 0.25) is 0 Å². The molecule has 0 atom stereocenters. The van der Waals surface area contributed by atoms with Crippen LogP contribution in [0.25, 0.3) is 0 Å². The molecule has 3 saturated carbocycles. The SMILES string of the molecule is C#Cc1ccc(C#Cc2ccc(C#CC3(OC(=O)c4ccc(OC(=O)C5CCC(C(=O)OCCCCCCCCOC(=O)C(=C)C)CC5)cc4)CCC(C4CCC(CCCCC)CC4)CC3)cc2)cc1. The number of rotatable bonds is 20. The maximum Gasteiger partial charge on any atom is 0.339 e. The van der Waals surface area contributed by atoms with E-state index in [9.17, 15) is 19.2 Å². The number of hydrogen-bond acceptors (Lipinski definition) is 8. The van der Waals surface area contributed by atoms with Crippen molar-refractivity contribution in [2.45, 2.75) is 161 Å². The molecule has 3 aliphatic rings. The maximum atomic E-state index is 13.9. The van der Waals surface area contributed by atoms with Crippen LogP contribution in [0, 0.1) is 65.6 Å². The van der Waals surface area contributed by atoms with Gasteiger partial charge in [0.05, 0.1) is 30.6 Å². The zero-order chi connectivity index (χ0) is 49.6. The number of hydrogen-bond donors (Lipinski definition) is 0. The number of esters is 4. The molecule has 3 fully saturated rings. The molecule has 0 N–H and O–H groups in total. The van der Waals surface area contributed by atoms with E-state index in [1.807, 2.05) is 48.5 Å². The van der Waals surface area contributed by atoms with Crippen LogP contribution in [0.4, 0.5) is 0 Å². The average Bonchev–Trinajstić information content (AvgIpc) is 3.39. The minimum absolute atomic E-state index is 0.190. The van der Waals surface area contributed by atoms with E-state index in [4.69, 9.17) is 25.4 Å². The van der Waals surface area contributed by atoms with Gasteiger partial charge in [-0.3, -0.25) is 9.59 Å². The van der Waals surface area contributed by atoms with Gasteiger partial charge in [0, 0.05) is 27.8 Å². The van der Waals surface area contributed by atoms with E-state index in [1.165, 1.54) is 51.4 Å². The van der Waals surface area contributed by atoms with Crippen molar-refractivity contribution in [3.63, 3.8) is 0 Å². The van der Waals surface area contributed by atoms with Crippen LogP contribution in [0.3, 0.4) is 0 Å². The van der Waals surface area contributed by atoms with Gasteiger partial charge in [-0.15, -0.1) is 6.42 Å². The zero-order valence-corrected chi connectivity index (χ0v) is 41.8. The minimum Gasteiger partial charge on any atom is -0.465 e. The molecule has 3 aromatic carbocycles. The Balaban J connectivity index is 0.973. The fraction of sp³-hybridized carbons (Fsp3) is 0.516. The summed E-state index contributed by atoms with van der Waals surface area (Å²) in [7, 11) is 0. The van der Waals surface area contributed by atoms with Crippen LogP contribution >= 0.6 is 0 Å². The van der Waals surface area contributed by atoms with Crippen molar-refractivity contribution in [1.82, 2.24) is 0 Å². The third-order valence-corrected chi connectivity index (χ3v) is 14.7. The molecule has 0 heterocycles. The topological polar surface area (TPSA) is 105 Å². The van der Waals surface area contributed by atoms with E-state index < -0.39 is 11.6 Å². The Hall–Kier alpha value is -6.04. The molecule has 6 rings (SSSR count). The third-order valence-electron chi connectivity index (χ3n) is 14.7. The quantitative estimate of drug-likeness (QED) is 0.0275. The predicted octanol–water partition coefficient (Wildman–Crippen LogP) is 13.3. The Morgan fingerprint density at radius 3 is 1.67 bits per heavy atom. The highest BCUT2D eigenvalue weighted by molar-refractivity contribution is 5.90. The summed E-state index contributed by atoms with van der Waals surface area (Å²) in [6, 6.07) is 22.0. The molecule has 70 heavy (non-hydrogen) atoms. The third kappa shape index (κ3) is 17.1. The van der Waals surface area contributed by atoms with Crippen LogP contribution in [0.5, 0.6) is 5.75 Å². The van der Waals surface area contributed by atoms with Crippen molar-refractivity contribution in [1.29, 1.82) is 0 Å².